The summed E-state index contributed by atoms with van der Waals surface area (Å²) in [5.41, 5.74) is 0. The molecule has 0 unspecified atom stereocenters. The normalized spacial score (nSPS) is 20.5. The van der Waals surface area contributed by atoms with Gasteiger partial charge in [0.25, 0.3) is 0 Å². The molecule has 2 fully saturated rings. The minimum absolute atomic E-state index is 0.0482. The van der Waals surface area contributed by atoms with E-state index in [9.17, 15) is 9.59 Å². The Kier molecular flexibility index (Phi) is 4.87. The summed E-state index contributed by atoms with van der Waals surface area (Å²) in [5, 5.41) is 3.06. The van der Waals surface area contributed by atoms with Gasteiger partial charge in [0.15, 0.2) is 0 Å². The minimum atomic E-state index is -0.244. The average Bonchev–Trinajstić information content (AvgIpc) is 2.94. The zero-order valence-electron chi connectivity index (χ0n) is 11.6. The molecular formula is C13H23N3O3. The van der Waals surface area contributed by atoms with E-state index in [0.29, 0.717) is 19.7 Å². The van der Waals surface area contributed by atoms with Crippen LogP contribution in [0.4, 0.5) is 9.59 Å². The van der Waals surface area contributed by atoms with E-state index in [0.717, 1.165) is 38.8 Å². The van der Waals surface area contributed by atoms with Crippen molar-refractivity contribution in [2.45, 2.75) is 38.6 Å². The van der Waals surface area contributed by atoms with Crippen LogP contribution in [0.1, 0.15) is 32.6 Å². The Morgan fingerprint density at radius 1 is 1.11 bits per heavy atom. The first-order valence-electron chi connectivity index (χ1n) is 7.18. The molecule has 3 amide bonds. The number of ether oxygens (including phenoxy) is 1. The van der Waals surface area contributed by atoms with Crippen LogP contribution in [-0.2, 0) is 4.74 Å². The average molecular weight is 269 g/mol. The summed E-state index contributed by atoms with van der Waals surface area (Å²) in [6, 6.07) is 0.228. The van der Waals surface area contributed by atoms with Gasteiger partial charge in [0, 0.05) is 32.2 Å². The van der Waals surface area contributed by atoms with Crippen molar-refractivity contribution in [3.8, 4) is 0 Å². The van der Waals surface area contributed by atoms with Crippen LogP contribution >= 0.6 is 0 Å². The molecule has 0 bridgehead atoms. The van der Waals surface area contributed by atoms with E-state index in [-0.39, 0.29) is 18.2 Å². The van der Waals surface area contributed by atoms with E-state index < -0.39 is 0 Å². The fourth-order valence-electron chi connectivity index (χ4n) is 2.61. The number of likely N-dealkylation sites (tertiary alicyclic amines) is 2. The van der Waals surface area contributed by atoms with Gasteiger partial charge in [-0.2, -0.15) is 0 Å². The van der Waals surface area contributed by atoms with Crippen LogP contribution in [0.3, 0.4) is 0 Å². The molecule has 0 spiro atoms. The highest BCUT2D eigenvalue weighted by molar-refractivity contribution is 5.74. The lowest BCUT2D eigenvalue weighted by Crippen LogP contribution is -2.49. The Morgan fingerprint density at radius 2 is 1.74 bits per heavy atom. The quantitative estimate of drug-likeness (QED) is 0.824. The van der Waals surface area contributed by atoms with Crippen LogP contribution in [0, 0.1) is 0 Å². The number of hydrogen-bond acceptors (Lipinski definition) is 3. The Bertz CT molecular complexity index is 321. The van der Waals surface area contributed by atoms with Gasteiger partial charge in [0.05, 0.1) is 6.61 Å². The Labute approximate surface area is 114 Å². The molecule has 2 saturated heterocycles. The number of nitrogens with zero attached hydrogens (tertiary/aromatic N) is 2. The first-order chi connectivity index (χ1) is 9.20. The van der Waals surface area contributed by atoms with Crippen LogP contribution in [0.2, 0.25) is 0 Å². The monoisotopic (exact) mass is 269 g/mol. The summed E-state index contributed by atoms with van der Waals surface area (Å²) in [7, 11) is 0. The zero-order chi connectivity index (χ0) is 13.7. The van der Waals surface area contributed by atoms with Crippen molar-refractivity contribution in [3.05, 3.63) is 0 Å². The van der Waals surface area contributed by atoms with E-state index >= 15 is 0 Å². The molecule has 0 aromatic heterocycles. The van der Waals surface area contributed by atoms with E-state index in [1.165, 1.54) is 0 Å². The van der Waals surface area contributed by atoms with Crippen molar-refractivity contribution < 1.29 is 14.3 Å². The van der Waals surface area contributed by atoms with Gasteiger partial charge in [0.2, 0.25) is 0 Å². The third kappa shape index (κ3) is 3.75. The number of urea groups is 1. The Hall–Kier alpha value is -1.46. The molecule has 0 radical (unpaired) electrons. The lowest BCUT2D eigenvalue weighted by atomic mass is 10.1. The summed E-state index contributed by atoms with van der Waals surface area (Å²) in [4.78, 5) is 27.1. The van der Waals surface area contributed by atoms with Gasteiger partial charge in [-0.05, 0) is 32.6 Å². The largest absolute Gasteiger partial charge is 0.450 e. The molecule has 0 saturated carbocycles. The fourth-order valence-corrected chi connectivity index (χ4v) is 2.61. The van der Waals surface area contributed by atoms with Crippen molar-refractivity contribution in [2.75, 3.05) is 32.8 Å². The van der Waals surface area contributed by atoms with Crippen LogP contribution in [0.25, 0.3) is 0 Å². The van der Waals surface area contributed by atoms with Gasteiger partial charge >= 0.3 is 12.1 Å². The predicted octanol–water partition coefficient (Wildman–Crippen LogP) is 1.41. The predicted molar refractivity (Wildman–Crippen MR) is 71.0 cm³/mol. The number of piperidine rings is 1. The summed E-state index contributed by atoms with van der Waals surface area (Å²) in [6.07, 6.45) is 3.58. The maximum atomic E-state index is 11.9. The number of amides is 3. The standard InChI is InChI=1S/C13H23N3O3/c1-2-19-13(18)16-9-5-11(6-10-16)14-12(17)15-7-3-4-8-15/h11H,2-10H2,1H3,(H,14,17). The van der Waals surface area contributed by atoms with Crippen molar-refractivity contribution in [3.63, 3.8) is 0 Å². The van der Waals surface area contributed by atoms with Gasteiger partial charge in [-0.1, -0.05) is 0 Å². The second-order valence-electron chi connectivity index (χ2n) is 5.10. The van der Waals surface area contributed by atoms with Crippen LogP contribution in [0.5, 0.6) is 0 Å². The van der Waals surface area contributed by atoms with Gasteiger partial charge in [-0.25, -0.2) is 9.59 Å². The molecule has 0 aliphatic carbocycles. The molecule has 2 aliphatic heterocycles. The molecular weight excluding hydrogens is 246 g/mol. The molecule has 6 nitrogen and oxygen atoms in total. The Balaban J connectivity index is 1.71. The topological polar surface area (TPSA) is 61.9 Å². The minimum Gasteiger partial charge on any atom is -0.450 e. The summed E-state index contributed by atoms with van der Waals surface area (Å²) >= 11 is 0. The molecule has 0 atom stereocenters. The highest BCUT2D eigenvalue weighted by atomic mass is 16.6. The second kappa shape index (κ2) is 6.63. The van der Waals surface area contributed by atoms with Crippen molar-refractivity contribution >= 4 is 12.1 Å². The summed E-state index contributed by atoms with van der Waals surface area (Å²) in [6.45, 7) is 5.26. The number of nitrogens with one attached hydrogen (secondary N) is 1. The first-order valence-corrected chi connectivity index (χ1v) is 7.18. The third-order valence-electron chi connectivity index (χ3n) is 3.74. The van der Waals surface area contributed by atoms with Crippen LogP contribution in [0.15, 0.2) is 0 Å². The lowest BCUT2D eigenvalue weighted by Gasteiger charge is -2.32. The zero-order valence-corrected chi connectivity index (χ0v) is 11.6. The summed E-state index contributed by atoms with van der Waals surface area (Å²) < 4.78 is 4.97. The van der Waals surface area contributed by atoms with Gasteiger partial charge in [0.1, 0.15) is 0 Å². The van der Waals surface area contributed by atoms with E-state index in [4.69, 9.17) is 4.74 Å². The van der Waals surface area contributed by atoms with E-state index in [2.05, 4.69) is 5.32 Å². The molecule has 2 aliphatic rings. The van der Waals surface area contributed by atoms with Crippen molar-refractivity contribution in [2.24, 2.45) is 0 Å². The Morgan fingerprint density at radius 3 is 2.32 bits per heavy atom. The second-order valence-corrected chi connectivity index (χ2v) is 5.10. The van der Waals surface area contributed by atoms with E-state index in [1.807, 2.05) is 4.90 Å². The number of carbonyl (C=O) groups is 2. The number of carbonyl (C=O) groups excluding carboxylic acids is 2. The summed E-state index contributed by atoms with van der Waals surface area (Å²) in [5.74, 6) is 0. The van der Waals surface area contributed by atoms with Gasteiger partial charge < -0.3 is 19.9 Å². The molecule has 0 aromatic rings. The smallest absolute Gasteiger partial charge is 0.409 e. The fraction of sp³-hybridized carbons (Fsp3) is 0.846. The maximum Gasteiger partial charge on any atom is 0.409 e. The number of rotatable bonds is 2. The lowest BCUT2D eigenvalue weighted by molar-refractivity contribution is 0.0952. The van der Waals surface area contributed by atoms with Gasteiger partial charge in [-0.15, -0.1) is 0 Å². The van der Waals surface area contributed by atoms with Crippen molar-refractivity contribution in [1.29, 1.82) is 0 Å². The molecule has 108 valence electrons. The van der Waals surface area contributed by atoms with Crippen LogP contribution in [-0.4, -0.2) is 60.8 Å². The molecule has 19 heavy (non-hydrogen) atoms. The first kappa shape index (κ1) is 14.0. The highest BCUT2D eigenvalue weighted by Crippen LogP contribution is 2.13. The molecule has 2 rings (SSSR count). The molecule has 2 heterocycles. The molecule has 0 aromatic carbocycles. The number of hydrogen-bond donors (Lipinski definition) is 1. The SMILES string of the molecule is CCOC(=O)N1CCC(NC(=O)N2CCCC2)CC1. The molecule has 1 N–H and O–H groups in total. The van der Waals surface area contributed by atoms with Gasteiger partial charge in [-0.3, -0.25) is 0 Å². The molecule has 6 heteroatoms. The third-order valence-corrected chi connectivity index (χ3v) is 3.74. The maximum absolute atomic E-state index is 11.9. The highest BCUT2D eigenvalue weighted by Gasteiger charge is 2.26. The van der Waals surface area contributed by atoms with Crippen molar-refractivity contribution in [1.82, 2.24) is 15.1 Å². The van der Waals surface area contributed by atoms with E-state index in [1.54, 1.807) is 11.8 Å². The van der Waals surface area contributed by atoms with Crippen LogP contribution < -0.4 is 5.32 Å².